The summed E-state index contributed by atoms with van der Waals surface area (Å²) in [6, 6.07) is 0. The summed E-state index contributed by atoms with van der Waals surface area (Å²) in [4.78, 5) is 22.7. The van der Waals surface area contributed by atoms with E-state index in [1.165, 1.54) is 0 Å². The smallest absolute Gasteiger partial charge is 0.306 e. The molecule has 0 radical (unpaired) electrons. The zero-order valence-electron chi connectivity index (χ0n) is 13.0. The first-order valence-electron chi connectivity index (χ1n) is 7.06. The van der Waals surface area contributed by atoms with Gasteiger partial charge in [0, 0.05) is 0 Å². The number of ether oxygens (including phenoxy) is 2. The van der Waals surface area contributed by atoms with Crippen LogP contribution < -0.4 is 0 Å². The Morgan fingerprint density at radius 1 is 1.05 bits per heavy atom. The quantitative estimate of drug-likeness (QED) is 0.636. The van der Waals surface area contributed by atoms with Crippen LogP contribution in [0.3, 0.4) is 0 Å². The van der Waals surface area contributed by atoms with Gasteiger partial charge in [-0.3, -0.25) is 9.59 Å². The van der Waals surface area contributed by atoms with Gasteiger partial charge < -0.3 is 9.47 Å². The Labute approximate surface area is 116 Å². The molecule has 0 saturated carbocycles. The van der Waals surface area contributed by atoms with Gasteiger partial charge in [0.15, 0.2) is 0 Å². The molecular weight excluding hydrogens is 244 g/mol. The van der Waals surface area contributed by atoms with Crippen molar-refractivity contribution in [1.29, 1.82) is 0 Å². The Kier molecular flexibility index (Phi) is 8.44. The van der Waals surface area contributed by atoms with Crippen LogP contribution >= 0.6 is 0 Å². The summed E-state index contributed by atoms with van der Waals surface area (Å²) in [7, 11) is 0. The highest BCUT2D eigenvalue weighted by Gasteiger charge is 2.17. The van der Waals surface area contributed by atoms with Gasteiger partial charge in [-0.1, -0.05) is 34.6 Å². The van der Waals surface area contributed by atoms with Crippen LogP contribution in [-0.2, 0) is 19.1 Å². The molecule has 0 rings (SSSR count). The number of esters is 2. The van der Waals surface area contributed by atoms with E-state index >= 15 is 0 Å². The van der Waals surface area contributed by atoms with Crippen LogP contribution in [0.4, 0.5) is 0 Å². The van der Waals surface area contributed by atoms with E-state index in [9.17, 15) is 9.59 Å². The van der Waals surface area contributed by atoms with Crippen molar-refractivity contribution in [2.45, 2.75) is 60.3 Å². The molecule has 0 heterocycles. The lowest BCUT2D eigenvalue weighted by atomic mass is 9.86. The molecule has 19 heavy (non-hydrogen) atoms. The van der Waals surface area contributed by atoms with Gasteiger partial charge in [0.1, 0.15) is 0 Å². The van der Waals surface area contributed by atoms with E-state index in [-0.39, 0.29) is 30.2 Å². The minimum atomic E-state index is -0.332. The van der Waals surface area contributed by atoms with E-state index in [4.69, 9.17) is 9.47 Å². The van der Waals surface area contributed by atoms with Gasteiger partial charge in [0.05, 0.1) is 26.1 Å². The zero-order chi connectivity index (χ0) is 14.9. The van der Waals surface area contributed by atoms with Gasteiger partial charge >= 0.3 is 11.9 Å². The van der Waals surface area contributed by atoms with Gasteiger partial charge in [-0.25, -0.2) is 0 Å². The Morgan fingerprint density at radius 3 is 2.05 bits per heavy atom. The Bertz CT molecular complexity index is 278. The highest BCUT2D eigenvalue weighted by atomic mass is 16.5. The highest BCUT2D eigenvalue weighted by molar-refractivity contribution is 5.77. The topological polar surface area (TPSA) is 52.6 Å². The Morgan fingerprint density at radius 2 is 1.58 bits per heavy atom. The molecule has 0 fully saturated rings. The molecule has 1 atom stereocenters. The largest absolute Gasteiger partial charge is 0.466 e. The third-order valence-corrected chi connectivity index (χ3v) is 2.49. The molecule has 0 aromatic carbocycles. The maximum absolute atomic E-state index is 11.5. The molecule has 0 saturated heterocycles. The fraction of sp³-hybridized carbons (Fsp3) is 0.867. The molecule has 0 aliphatic heterocycles. The fourth-order valence-electron chi connectivity index (χ4n) is 1.90. The minimum Gasteiger partial charge on any atom is -0.466 e. The van der Waals surface area contributed by atoms with Gasteiger partial charge in [0.25, 0.3) is 0 Å². The Hall–Kier alpha value is -1.06. The molecule has 0 aromatic heterocycles. The molecule has 0 bridgehead atoms. The fourth-order valence-corrected chi connectivity index (χ4v) is 1.90. The minimum absolute atomic E-state index is 0.102. The standard InChI is InChI=1S/C15H28O4/c1-6-9-18-13(16)7-8-14(17)19-11-12(2)10-15(3,4)5/h12H,6-11H2,1-5H3. The monoisotopic (exact) mass is 272 g/mol. The van der Waals surface area contributed by atoms with Crippen LogP contribution in [-0.4, -0.2) is 25.2 Å². The molecule has 0 aliphatic rings. The van der Waals surface area contributed by atoms with E-state index in [0.29, 0.717) is 19.1 Å². The third-order valence-electron chi connectivity index (χ3n) is 2.49. The molecule has 0 aromatic rings. The molecule has 0 aliphatic carbocycles. The van der Waals surface area contributed by atoms with E-state index in [1.54, 1.807) is 0 Å². The van der Waals surface area contributed by atoms with Crippen LogP contribution in [0.5, 0.6) is 0 Å². The summed E-state index contributed by atoms with van der Waals surface area (Å²) in [6.45, 7) is 11.3. The average molecular weight is 272 g/mol. The Balaban J connectivity index is 3.72. The lowest BCUT2D eigenvalue weighted by Gasteiger charge is -2.22. The molecule has 4 nitrogen and oxygen atoms in total. The SMILES string of the molecule is CCCOC(=O)CCC(=O)OCC(C)CC(C)(C)C. The van der Waals surface area contributed by atoms with Crippen LogP contribution in [0.1, 0.15) is 60.3 Å². The van der Waals surface area contributed by atoms with E-state index in [2.05, 4.69) is 27.7 Å². The predicted octanol–water partition coefficient (Wildman–Crippen LogP) is 3.34. The molecule has 4 heteroatoms. The van der Waals surface area contributed by atoms with E-state index in [0.717, 1.165) is 12.8 Å². The number of hydrogen-bond acceptors (Lipinski definition) is 4. The predicted molar refractivity (Wildman–Crippen MR) is 74.7 cm³/mol. The summed E-state index contributed by atoms with van der Waals surface area (Å²) < 4.78 is 10.0. The first kappa shape index (κ1) is 17.9. The van der Waals surface area contributed by atoms with Crippen LogP contribution in [0.15, 0.2) is 0 Å². The van der Waals surface area contributed by atoms with Crippen molar-refractivity contribution in [1.82, 2.24) is 0 Å². The third kappa shape index (κ3) is 11.7. The van der Waals surface area contributed by atoms with Crippen molar-refractivity contribution in [2.75, 3.05) is 13.2 Å². The summed E-state index contributed by atoms with van der Waals surface area (Å²) >= 11 is 0. The highest BCUT2D eigenvalue weighted by Crippen LogP contribution is 2.24. The molecule has 0 spiro atoms. The molecule has 0 N–H and O–H groups in total. The summed E-state index contributed by atoms with van der Waals surface area (Å²) in [5.41, 5.74) is 0.232. The van der Waals surface area contributed by atoms with Gasteiger partial charge in [0.2, 0.25) is 0 Å². The first-order valence-corrected chi connectivity index (χ1v) is 7.06. The number of carbonyl (C=O) groups is 2. The van der Waals surface area contributed by atoms with Gasteiger partial charge in [-0.2, -0.15) is 0 Å². The number of hydrogen-bond donors (Lipinski definition) is 0. The van der Waals surface area contributed by atoms with Crippen molar-refractivity contribution in [3.05, 3.63) is 0 Å². The van der Waals surface area contributed by atoms with Crippen molar-refractivity contribution >= 4 is 11.9 Å². The van der Waals surface area contributed by atoms with Crippen LogP contribution in [0.25, 0.3) is 0 Å². The number of rotatable bonds is 8. The van der Waals surface area contributed by atoms with Crippen LogP contribution in [0, 0.1) is 11.3 Å². The number of carbonyl (C=O) groups excluding carboxylic acids is 2. The van der Waals surface area contributed by atoms with Crippen molar-refractivity contribution < 1.29 is 19.1 Å². The second-order valence-corrected chi connectivity index (χ2v) is 6.27. The van der Waals surface area contributed by atoms with Crippen LogP contribution in [0.2, 0.25) is 0 Å². The normalized spacial score (nSPS) is 12.9. The molecule has 1 unspecified atom stereocenters. The lowest BCUT2D eigenvalue weighted by Crippen LogP contribution is -2.18. The maximum Gasteiger partial charge on any atom is 0.306 e. The average Bonchev–Trinajstić information content (AvgIpc) is 2.29. The zero-order valence-corrected chi connectivity index (χ0v) is 13.0. The first-order chi connectivity index (χ1) is 8.74. The van der Waals surface area contributed by atoms with E-state index in [1.807, 2.05) is 6.92 Å². The van der Waals surface area contributed by atoms with Crippen molar-refractivity contribution in [3.63, 3.8) is 0 Å². The van der Waals surface area contributed by atoms with Crippen molar-refractivity contribution in [2.24, 2.45) is 11.3 Å². The van der Waals surface area contributed by atoms with Gasteiger partial charge in [-0.15, -0.1) is 0 Å². The van der Waals surface area contributed by atoms with Gasteiger partial charge in [-0.05, 0) is 24.2 Å². The molecule has 0 amide bonds. The summed E-state index contributed by atoms with van der Waals surface area (Å²) in [5.74, 6) is -0.327. The molecular formula is C15H28O4. The maximum atomic E-state index is 11.5. The molecule has 112 valence electrons. The second-order valence-electron chi connectivity index (χ2n) is 6.27. The lowest BCUT2D eigenvalue weighted by molar-refractivity contribution is -0.151. The van der Waals surface area contributed by atoms with E-state index < -0.39 is 0 Å². The summed E-state index contributed by atoms with van der Waals surface area (Å²) in [5, 5.41) is 0. The second kappa shape index (κ2) is 8.94. The summed E-state index contributed by atoms with van der Waals surface area (Å²) in [6.07, 6.45) is 2.00. The van der Waals surface area contributed by atoms with Crippen molar-refractivity contribution in [3.8, 4) is 0 Å².